The molecule has 0 spiro atoms. The van der Waals surface area contributed by atoms with E-state index in [0.717, 1.165) is 64.7 Å². The van der Waals surface area contributed by atoms with Crippen LogP contribution in [0.1, 0.15) is 48.0 Å². The third-order valence-electron chi connectivity index (χ3n) is 6.89. The number of hydrogen-bond donors (Lipinski definition) is 1. The van der Waals surface area contributed by atoms with Gasteiger partial charge in [0.2, 0.25) is 0 Å². The van der Waals surface area contributed by atoms with E-state index in [2.05, 4.69) is 17.4 Å². The van der Waals surface area contributed by atoms with Gasteiger partial charge in [-0.25, -0.2) is 4.79 Å². The maximum Gasteiger partial charge on any atom is 0.313 e. The summed E-state index contributed by atoms with van der Waals surface area (Å²) in [6.07, 6.45) is 5.99. The Morgan fingerprint density at radius 2 is 1.74 bits per heavy atom. The van der Waals surface area contributed by atoms with Gasteiger partial charge in [0.25, 0.3) is 0 Å². The van der Waals surface area contributed by atoms with E-state index in [9.17, 15) is 9.59 Å². The SMILES string of the molecule is O=C(COc1ccc(CC[N+]2(C3CCNCC3)CCCCC2=O)cc1)c1ccccc1. The number of carbonyl (C=O) groups excluding carboxylic acids is 2. The van der Waals surface area contributed by atoms with Crippen molar-refractivity contribution >= 4 is 11.7 Å². The molecule has 5 heteroatoms. The first-order valence-corrected chi connectivity index (χ1v) is 11.6. The first-order chi connectivity index (χ1) is 15.2. The Morgan fingerprint density at radius 1 is 1.00 bits per heavy atom. The fourth-order valence-corrected chi connectivity index (χ4v) is 5.06. The zero-order chi connectivity index (χ0) is 21.5. The van der Waals surface area contributed by atoms with E-state index in [-0.39, 0.29) is 12.4 Å². The molecular formula is C26H33N2O3+. The number of amides is 1. The van der Waals surface area contributed by atoms with Crippen molar-refractivity contribution in [2.24, 2.45) is 0 Å². The molecule has 5 nitrogen and oxygen atoms in total. The Hall–Kier alpha value is -2.50. The number of piperidine rings is 2. The molecule has 0 saturated carbocycles. The van der Waals surface area contributed by atoms with Crippen molar-refractivity contribution in [1.29, 1.82) is 0 Å². The Kier molecular flexibility index (Phi) is 7.15. The highest BCUT2D eigenvalue weighted by atomic mass is 16.5. The van der Waals surface area contributed by atoms with Crippen LogP contribution >= 0.6 is 0 Å². The Morgan fingerprint density at radius 3 is 2.45 bits per heavy atom. The first-order valence-electron chi connectivity index (χ1n) is 11.6. The van der Waals surface area contributed by atoms with Crippen LogP contribution in [0.5, 0.6) is 5.75 Å². The fourth-order valence-electron chi connectivity index (χ4n) is 5.06. The van der Waals surface area contributed by atoms with Crippen LogP contribution in [0, 0.1) is 0 Å². The molecule has 2 aliphatic rings. The van der Waals surface area contributed by atoms with Gasteiger partial charge < -0.3 is 10.1 Å². The number of carbonyl (C=O) groups is 2. The summed E-state index contributed by atoms with van der Waals surface area (Å²) in [5.41, 5.74) is 1.88. The van der Waals surface area contributed by atoms with Crippen molar-refractivity contribution in [3.05, 3.63) is 65.7 Å². The van der Waals surface area contributed by atoms with Crippen molar-refractivity contribution in [2.75, 3.05) is 32.8 Å². The van der Waals surface area contributed by atoms with Crippen molar-refractivity contribution in [3.63, 3.8) is 0 Å². The van der Waals surface area contributed by atoms with Crippen LogP contribution in [-0.4, -0.2) is 55.0 Å². The predicted octanol–water partition coefficient (Wildman–Crippen LogP) is 3.77. The highest BCUT2D eigenvalue weighted by molar-refractivity contribution is 5.97. The van der Waals surface area contributed by atoms with Crippen molar-refractivity contribution in [2.45, 2.75) is 44.6 Å². The minimum absolute atomic E-state index is 0.0262. The lowest BCUT2D eigenvalue weighted by Crippen LogP contribution is -2.64. The normalized spacial score (nSPS) is 22.3. The molecule has 2 fully saturated rings. The summed E-state index contributed by atoms with van der Waals surface area (Å²) in [7, 11) is 0. The van der Waals surface area contributed by atoms with Crippen molar-refractivity contribution in [1.82, 2.24) is 5.32 Å². The molecule has 2 heterocycles. The molecule has 2 saturated heterocycles. The second-order valence-electron chi connectivity index (χ2n) is 8.79. The van der Waals surface area contributed by atoms with Gasteiger partial charge >= 0.3 is 5.91 Å². The molecule has 2 aromatic carbocycles. The third-order valence-corrected chi connectivity index (χ3v) is 6.89. The van der Waals surface area contributed by atoms with Crippen LogP contribution in [0.2, 0.25) is 0 Å². The van der Waals surface area contributed by atoms with E-state index in [1.807, 2.05) is 30.3 Å². The summed E-state index contributed by atoms with van der Waals surface area (Å²) in [6.45, 7) is 3.95. The number of nitrogens with zero attached hydrogens (tertiary/aromatic N) is 1. The average Bonchev–Trinajstić information content (AvgIpc) is 2.84. The molecule has 0 radical (unpaired) electrons. The van der Waals surface area contributed by atoms with Crippen molar-refractivity contribution in [3.8, 4) is 5.75 Å². The molecule has 4 rings (SSSR count). The standard InChI is InChI=1S/C26H33N2O3/c29-25(22-6-2-1-3-7-22)20-31-24-11-9-21(10-12-24)15-19-28(18-5-4-8-26(28)30)23-13-16-27-17-14-23/h1-3,6-7,9-12,23,27H,4-5,8,13-20H2/q+1. The van der Waals surface area contributed by atoms with Crippen LogP contribution in [0.25, 0.3) is 0 Å². The van der Waals surface area contributed by atoms with Gasteiger partial charge in [-0.15, -0.1) is 0 Å². The number of likely N-dealkylation sites (tertiary alicyclic amines) is 1. The fraction of sp³-hybridized carbons (Fsp3) is 0.462. The molecule has 164 valence electrons. The van der Waals surface area contributed by atoms with E-state index in [4.69, 9.17) is 4.74 Å². The molecule has 1 unspecified atom stereocenters. The van der Waals surface area contributed by atoms with E-state index in [0.29, 0.717) is 27.7 Å². The van der Waals surface area contributed by atoms with Crippen LogP contribution in [0.15, 0.2) is 54.6 Å². The van der Waals surface area contributed by atoms with Gasteiger partial charge in [0.05, 0.1) is 25.6 Å². The zero-order valence-electron chi connectivity index (χ0n) is 18.2. The van der Waals surface area contributed by atoms with Gasteiger partial charge in [-0.1, -0.05) is 42.5 Å². The smallest absolute Gasteiger partial charge is 0.313 e. The number of rotatable bonds is 8. The Balaban J connectivity index is 1.35. The van der Waals surface area contributed by atoms with Crippen LogP contribution < -0.4 is 10.1 Å². The first kappa shape index (κ1) is 21.7. The predicted molar refractivity (Wildman–Crippen MR) is 121 cm³/mol. The summed E-state index contributed by atoms with van der Waals surface area (Å²) < 4.78 is 6.36. The molecule has 1 N–H and O–H groups in total. The quantitative estimate of drug-likeness (QED) is 0.521. The van der Waals surface area contributed by atoms with E-state index >= 15 is 0 Å². The lowest BCUT2D eigenvalue weighted by atomic mass is 9.94. The number of Topliss-reactive ketones (excluding diaryl/α,β-unsaturated/α-hetero) is 1. The topological polar surface area (TPSA) is 55.4 Å². The van der Waals surface area contributed by atoms with E-state index in [1.54, 1.807) is 12.1 Å². The largest absolute Gasteiger partial charge is 0.485 e. The molecule has 0 bridgehead atoms. The third kappa shape index (κ3) is 5.23. The van der Waals surface area contributed by atoms with Crippen LogP contribution in [0.4, 0.5) is 0 Å². The van der Waals surface area contributed by atoms with Gasteiger partial charge in [0, 0.05) is 37.9 Å². The zero-order valence-corrected chi connectivity index (χ0v) is 18.2. The summed E-state index contributed by atoms with van der Waals surface area (Å²) in [5, 5.41) is 3.44. The number of quaternary nitrogens is 1. The van der Waals surface area contributed by atoms with Gasteiger partial charge in [-0.2, -0.15) is 0 Å². The van der Waals surface area contributed by atoms with E-state index < -0.39 is 0 Å². The molecular weight excluding hydrogens is 388 g/mol. The van der Waals surface area contributed by atoms with Gasteiger partial charge in [-0.05, 0) is 30.5 Å². The molecule has 0 aliphatic carbocycles. The lowest BCUT2D eigenvalue weighted by Gasteiger charge is -2.46. The molecule has 0 aromatic heterocycles. The molecule has 2 aliphatic heterocycles. The highest BCUT2D eigenvalue weighted by Gasteiger charge is 2.45. The maximum absolute atomic E-state index is 13.1. The second-order valence-corrected chi connectivity index (χ2v) is 8.79. The number of nitrogens with one attached hydrogen (secondary N) is 1. The minimum atomic E-state index is -0.0262. The Labute approximate surface area is 185 Å². The lowest BCUT2D eigenvalue weighted by molar-refractivity contribution is -0.884. The molecule has 1 amide bonds. The average molecular weight is 422 g/mol. The van der Waals surface area contributed by atoms with Gasteiger partial charge in [-0.3, -0.25) is 9.28 Å². The molecule has 2 aromatic rings. The monoisotopic (exact) mass is 421 g/mol. The second kappa shape index (κ2) is 10.2. The number of hydrogen-bond acceptors (Lipinski definition) is 4. The molecule has 31 heavy (non-hydrogen) atoms. The van der Waals surface area contributed by atoms with Gasteiger partial charge in [0.1, 0.15) is 5.75 Å². The van der Waals surface area contributed by atoms with Crippen LogP contribution in [0.3, 0.4) is 0 Å². The van der Waals surface area contributed by atoms with E-state index in [1.165, 1.54) is 5.56 Å². The van der Waals surface area contributed by atoms with Crippen molar-refractivity contribution < 1.29 is 18.8 Å². The summed E-state index contributed by atoms with van der Waals surface area (Å²) >= 11 is 0. The summed E-state index contributed by atoms with van der Waals surface area (Å²) in [6, 6.07) is 17.7. The molecule has 1 atom stereocenters. The van der Waals surface area contributed by atoms with Gasteiger partial charge in [0.15, 0.2) is 12.4 Å². The highest BCUT2D eigenvalue weighted by Crippen LogP contribution is 2.30. The number of ketones is 1. The Bertz CT molecular complexity index is 875. The number of ether oxygens (including phenoxy) is 1. The number of benzene rings is 2. The summed E-state index contributed by atoms with van der Waals surface area (Å²) in [5.74, 6) is 1.11. The van der Waals surface area contributed by atoms with Crippen LogP contribution in [-0.2, 0) is 11.2 Å². The maximum atomic E-state index is 13.1. The summed E-state index contributed by atoms with van der Waals surface area (Å²) in [4.78, 5) is 25.3. The minimum Gasteiger partial charge on any atom is -0.485 e.